The number of aryl methyl sites for hydroxylation is 1. The van der Waals surface area contributed by atoms with Crippen molar-refractivity contribution < 1.29 is 9.90 Å². The fourth-order valence-corrected chi connectivity index (χ4v) is 2.61. The Morgan fingerprint density at radius 3 is 2.48 bits per heavy atom. The summed E-state index contributed by atoms with van der Waals surface area (Å²) in [6.07, 6.45) is 0.464. The lowest BCUT2D eigenvalue weighted by Crippen LogP contribution is -2.22. The molecule has 0 aliphatic heterocycles. The van der Waals surface area contributed by atoms with Crippen molar-refractivity contribution in [3.63, 3.8) is 0 Å². The Hall–Kier alpha value is -1.78. The molecule has 0 saturated carbocycles. The Bertz CT molecular complexity index is 781. The minimum atomic E-state index is -1.23. The van der Waals surface area contributed by atoms with Crippen molar-refractivity contribution in [1.82, 2.24) is 4.98 Å². The van der Waals surface area contributed by atoms with Gasteiger partial charge in [0.1, 0.15) is 5.56 Å². The van der Waals surface area contributed by atoms with Gasteiger partial charge in [-0.1, -0.05) is 29.3 Å². The molecule has 0 amide bonds. The van der Waals surface area contributed by atoms with Gasteiger partial charge in [0.2, 0.25) is 0 Å². The third kappa shape index (κ3) is 3.12. The van der Waals surface area contributed by atoms with Crippen LogP contribution in [0.2, 0.25) is 10.0 Å². The van der Waals surface area contributed by atoms with Crippen LogP contribution in [0.4, 0.5) is 0 Å². The molecule has 110 valence electrons. The molecule has 0 radical (unpaired) electrons. The number of benzene rings is 1. The van der Waals surface area contributed by atoms with E-state index in [4.69, 9.17) is 28.3 Å². The molecule has 0 unspecified atom stereocenters. The van der Waals surface area contributed by atoms with Crippen molar-refractivity contribution >= 4 is 29.2 Å². The van der Waals surface area contributed by atoms with Gasteiger partial charge in [-0.2, -0.15) is 0 Å². The highest BCUT2D eigenvalue weighted by atomic mass is 35.5. The van der Waals surface area contributed by atoms with Crippen molar-refractivity contribution in [2.75, 3.05) is 0 Å². The number of carboxylic acids is 1. The number of carbonyl (C=O) groups is 1. The van der Waals surface area contributed by atoms with Crippen LogP contribution in [0.1, 0.15) is 32.7 Å². The Labute approximate surface area is 131 Å². The van der Waals surface area contributed by atoms with E-state index < -0.39 is 11.5 Å². The van der Waals surface area contributed by atoms with E-state index in [1.165, 1.54) is 0 Å². The molecule has 1 aromatic carbocycles. The molecule has 4 nitrogen and oxygen atoms in total. The lowest BCUT2D eigenvalue weighted by molar-refractivity contribution is 0.0694. The summed E-state index contributed by atoms with van der Waals surface area (Å²) in [5.41, 5.74) is 1.96. The number of aromatic amines is 1. The molecule has 2 N–H and O–H groups in total. The molecule has 1 aromatic heterocycles. The highest BCUT2D eigenvalue weighted by Crippen LogP contribution is 2.25. The second kappa shape index (κ2) is 5.92. The molecule has 6 heteroatoms. The largest absolute Gasteiger partial charge is 0.477 e. The van der Waals surface area contributed by atoms with Crippen molar-refractivity contribution in [2.24, 2.45) is 0 Å². The summed E-state index contributed by atoms with van der Waals surface area (Å²) in [6.45, 7) is 3.38. The van der Waals surface area contributed by atoms with Crippen LogP contribution in [-0.4, -0.2) is 16.1 Å². The monoisotopic (exact) mass is 325 g/mol. The Balaban J connectivity index is 2.54. The van der Waals surface area contributed by atoms with Gasteiger partial charge in [0.05, 0.1) is 10.0 Å². The van der Waals surface area contributed by atoms with Crippen LogP contribution in [0.15, 0.2) is 23.0 Å². The van der Waals surface area contributed by atoms with E-state index in [9.17, 15) is 9.59 Å². The molecule has 0 aliphatic carbocycles. The van der Waals surface area contributed by atoms with Crippen LogP contribution in [0.3, 0.4) is 0 Å². The minimum absolute atomic E-state index is 0.226. The number of pyridine rings is 1. The van der Waals surface area contributed by atoms with E-state index >= 15 is 0 Å². The Morgan fingerprint density at radius 2 is 1.90 bits per heavy atom. The molecule has 0 saturated heterocycles. The summed E-state index contributed by atoms with van der Waals surface area (Å²) in [4.78, 5) is 25.5. The summed E-state index contributed by atoms with van der Waals surface area (Å²) in [7, 11) is 0. The summed E-state index contributed by atoms with van der Waals surface area (Å²) in [5, 5.41) is 10.0. The van der Waals surface area contributed by atoms with Gasteiger partial charge in [-0.15, -0.1) is 0 Å². The lowest BCUT2D eigenvalue weighted by atomic mass is 9.96. The first-order valence-corrected chi connectivity index (χ1v) is 6.96. The predicted molar refractivity (Wildman–Crippen MR) is 82.8 cm³/mol. The van der Waals surface area contributed by atoms with Gasteiger partial charge in [-0.3, -0.25) is 4.79 Å². The third-order valence-corrected chi connectivity index (χ3v) is 4.13. The maximum Gasteiger partial charge on any atom is 0.341 e. The number of rotatable bonds is 3. The van der Waals surface area contributed by atoms with Crippen molar-refractivity contribution in [2.45, 2.75) is 20.3 Å². The predicted octanol–water partition coefficient (Wildman–Crippen LogP) is 3.59. The number of hydrogen-bond acceptors (Lipinski definition) is 2. The molecule has 2 rings (SSSR count). The minimum Gasteiger partial charge on any atom is -0.477 e. The van der Waals surface area contributed by atoms with Crippen LogP contribution in [0.25, 0.3) is 0 Å². The van der Waals surface area contributed by atoms with E-state index in [1.807, 2.05) is 6.07 Å². The summed E-state index contributed by atoms with van der Waals surface area (Å²) in [5.74, 6) is -1.23. The van der Waals surface area contributed by atoms with Gasteiger partial charge in [0, 0.05) is 5.69 Å². The van der Waals surface area contributed by atoms with Gasteiger partial charge in [0.15, 0.2) is 0 Å². The standard InChI is InChI=1S/C15H13Cl2NO3/c1-7-10(5-9-3-4-11(16)12(17)6-9)8(2)18-14(19)13(7)15(20)21/h3-4,6H,5H2,1-2H3,(H,18,19)(H,20,21). The topological polar surface area (TPSA) is 70.2 Å². The van der Waals surface area contributed by atoms with E-state index in [0.717, 1.165) is 11.1 Å². The second-order valence-electron chi connectivity index (χ2n) is 4.79. The zero-order chi connectivity index (χ0) is 15.7. The SMILES string of the molecule is Cc1[nH]c(=O)c(C(=O)O)c(C)c1Cc1ccc(Cl)c(Cl)c1. The summed E-state index contributed by atoms with van der Waals surface area (Å²) >= 11 is 11.9. The highest BCUT2D eigenvalue weighted by molar-refractivity contribution is 6.42. The van der Waals surface area contributed by atoms with Crippen molar-refractivity contribution in [1.29, 1.82) is 0 Å². The van der Waals surface area contributed by atoms with Crippen LogP contribution < -0.4 is 5.56 Å². The molecule has 21 heavy (non-hydrogen) atoms. The number of carboxylic acid groups (broad SMARTS) is 1. The fraction of sp³-hybridized carbons (Fsp3) is 0.200. The van der Waals surface area contributed by atoms with Gasteiger partial charge >= 0.3 is 5.97 Å². The molecule has 0 fully saturated rings. The second-order valence-corrected chi connectivity index (χ2v) is 5.60. The number of H-pyrrole nitrogens is 1. The molecule has 0 aliphatic rings. The number of halogens is 2. The van der Waals surface area contributed by atoms with Gasteiger partial charge in [-0.25, -0.2) is 4.79 Å². The number of aromatic carboxylic acids is 1. The Morgan fingerprint density at radius 1 is 1.24 bits per heavy atom. The van der Waals surface area contributed by atoms with Gasteiger partial charge < -0.3 is 10.1 Å². The smallest absolute Gasteiger partial charge is 0.341 e. The van der Waals surface area contributed by atoms with Gasteiger partial charge in [0.25, 0.3) is 5.56 Å². The summed E-state index contributed by atoms with van der Waals surface area (Å²) in [6, 6.07) is 5.24. The summed E-state index contributed by atoms with van der Waals surface area (Å²) < 4.78 is 0. The highest BCUT2D eigenvalue weighted by Gasteiger charge is 2.18. The maximum atomic E-state index is 11.7. The molecule has 1 heterocycles. The number of aromatic nitrogens is 1. The lowest BCUT2D eigenvalue weighted by Gasteiger charge is -2.12. The zero-order valence-electron chi connectivity index (χ0n) is 11.5. The normalized spacial score (nSPS) is 10.7. The molecule has 0 bridgehead atoms. The average molecular weight is 326 g/mol. The number of hydrogen-bond donors (Lipinski definition) is 2. The maximum absolute atomic E-state index is 11.7. The van der Waals surface area contributed by atoms with Crippen LogP contribution >= 0.6 is 23.2 Å². The Kier molecular flexibility index (Phi) is 4.40. The molecular formula is C15H13Cl2NO3. The van der Waals surface area contributed by atoms with Crippen LogP contribution in [0.5, 0.6) is 0 Å². The first kappa shape index (κ1) is 15.6. The first-order valence-electron chi connectivity index (χ1n) is 6.20. The quantitative estimate of drug-likeness (QED) is 0.905. The van der Waals surface area contributed by atoms with E-state index in [1.54, 1.807) is 26.0 Å². The zero-order valence-corrected chi connectivity index (χ0v) is 13.0. The van der Waals surface area contributed by atoms with E-state index in [0.29, 0.717) is 27.7 Å². The molecule has 0 spiro atoms. The van der Waals surface area contributed by atoms with E-state index in [2.05, 4.69) is 4.98 Å². The first-order chi connectivity index (χ1) is 9.81. The molecule has 2 aromatic rings. The third-order valence-electron chi connectivity index (χ3n) is 3.39. The van der Waals surface area contributed by atoms with E-state index in [-0.39, 0.29) is 5.56 Å². The van der Waals surface area contributed by atoms with Gasteiger partial charge in [-0.05, 0) is 49.1 Å². The van der Waals surface area contributed by atoms with Crippen LogP contribution in [-0.2, 0) is 6.42 Å². The molecule has 0 atom stereocenters. The van der Waals surface area contributed by atoms with Crippen LogP contribution in [0, 0.1) is 13.8 Å². The fourth-order valence-electron chi connectivity index (χ4n) is 2.29. The van der Waals surface area contributed by atoms with Crippen molar-refractivity contribution in [3.05, 3.63) is 66.5 Å². The number of nitrogens with one attached hydrogen (secondary N) is 1. The molecular weight excluding hydrogens is 313 g/mol. The average Bonchev–Trinajstić information content (AvgIpc) is 2.38. The van der Waals surface area contributed by atoms with Crippen molar-refractivity contribution in [3.8, 4) is 0 Å².